The van der Waals surface area contributed by atoms with Gasteiger partial charge in [-0.2, -0.15) is 20.4 Å². The molecule has 0 spiro atoms. The van der Waals surface area contributed by atoms with Gasteiger partial charge in [0.1, 0.15) is 0 Å². The van der Waals surface area contributed by atoms with Crippen molar-refractivity contribution >= 4 is 23.1 Å². The molecular formula is C11H11N7OS2. The second-order valence-electron chi connectivity index (χ2n) is 4.63. The smallest absolute Gasteiger partial charge is 0.236 e. The number of H-pyrrole nitrogens is 1. The van der Waals surface area contributed by atoms with Crippen LogP contribution in [0.15, 0.2) is 8.86 Å². The van der Waals surface area contributed by atoms with Crippen molar-refractivity contribution in [3.63, 3.8) is 0 Å². The molecule has 8 nitrogen and oxygen atoms in total. The molecule has 10 heteroatoms. The van der Waals surface area contributed by atoms with Gasteiger partial charge in [0, 0.05) is 0 Å². The Balaban J connectivity index is 1.66. The molecule has 3 aromatic heterocycles. The third kappa shape index (κ3) is 2.23. The largest absolute Gasteiger partial charge is 0.338 e. The summed E-state index contributed by atoms with van der Waals surface area (Å²) < 4.78 is 6.30. The van der Waals surface area contributed by atoms with Crippen molar-refractivity contribution < 1.29 is 4.52 Å². The first-order chi connectivity index (χ1) is 10.3. The van der Waals surface area contributed by atoms with E-state index in [-0.39, 0.29) is 5.92 Å². The topological polar surface area (TPSA) is 106 Å². The van der Waals surface area contributed by atoms with E-state index in [1.807, 2.05) is 6.26 Å². The first-order valence-corrected chi connectivity index (χ1v) is 8.50. The molecule has 3 aromatic rings. The van der Waals surface area contributed by atoms with Gasteiger partial charge in [0.05, 0.1) is 17.3 Å². The fourth-order valence-corrected chi connectivity index (χ4v) is 3.62. The molecule has 0 aromatic carbocycles. The second kappa shape index (κ2) is 5.19. The zero-order valence-corrected chi connectivity index (χ0v) is 12.7. The summed E-state index contributed by atoms with van der Waals surface area (Å²) in [7, 11) is 0. The van der Waals surface area contributed by atoms with E-state index in [4.69, 9.17) is 4.52 Å². The summed E-state index contributed by atoms with van der Waals surface area (Å²) in [6.45, 7) is 0. The molecule has 0 fully saturated rings. The van der Waals surface area contributed by atoms with Gasteiger partial charge in [0.15, 0.2) is 9.35 Å². The number of nitrogens with zero attached hydrogens (tertiary/aromatic N) is 6. The monoisotopic (exact) mass is 321 g/mol. The number of aromatic nitrogens is 7. The van der Waals surface area contributed by atoms with Gasteiger partial charge < -0.3 is 4.52 Å². The van der Waals surface area contributed by atoms with Gasteiger partial charge in [0.2, 0.25) is 11.7 Å². The number of hydrogen-bond donors (Lipinski definition) is 1. The number of fused-ring (bicyclic) bond motifs is 1. The van der Waals surface area contributed by atoms with Gasteiger partial charge in [-0.1, -0.05) is 28.3 Å². The Bertz CT molecular complexity index is 764. The highest BCUT2D eigenvalue weighted by atomic mass is 32.2. The molecule has 1 N–H and O–H groups in total. The lowest BCUT2D eigenvalue weighted by molar-refractivity contribution is 0.352. The van der Waals surface area contributed by atoms with E-state index in [9.17, 15) is 0 Å². The van der Waals surface area contributed by atoms with Gasteiger partial charge >= 0.3 is 0 Å². The van der Waals surface area contributed by atoms with Crippen molar-refractivity contribution in [2.45, 2.75) is 29.5 Å². The molecule has 0 amide bonds. The lowest BCUT2D eigenvalue weighted by atomic mass is 9.90. The van der Waals surface area contributed by atoms with Gasteiger partial charge in [-0.25, -0.2) is 0 Å². The first kappa shape index (κ1) is 12.9. The van der Waals surface area contributed by atoms with Crippen LogP contribution in [0.2, 0.25) is 0 Å². The average molecular weight is 321 g/mol. The zero-order valence-electron chi connectivity index (χ0n) is 11.1. The fraction of sp³-hybridized carbons (Fsp3) is 0.455. The van der Waals surface area contributed by atoms with Crippen LogP contribution in [0.4, 0.5) is 0 Å². The highest BCUT2D eigenvalue weighted by Gasteiger charge is 2.30. The lowest BCUT2D eigenvalue weighted by Gasteiger charge is -2.15. The van der Waals surface area contributed by atoms with Crippen LogP contribution in [0.1, 0.15) is 36.0 Å². The van der Waals surface area contributed by atoms with E-state index in [0.29, 0.717) is 16.7 Å². The predicted octanol–water partition coefficient (Wildman–Crippen LogP) is 1.90. The van der Waals surface area contributed by atoms with Crippen LogP contribution in [0.25, 0.3) is 10.8 Å². The molecule has 0 radical (unpaired) electrons. The maximum Gasteiger partial charge on any atom is 0.236 e. The summed E-state index contributed by atoms with van der Waals surface area (Å²) in [6.07, 6.45) is 4.88. The van der Waals surface area contributed by atoms with Crippen LogP contribution in [-0.2, 0) is 6.42 Å². The van der Waals surface area contributed by atoms with E-state index in [2.05, 4.69) is 35.7 Å². The molecule has 1 aliphatic rings. The van der Waals surface area contributed by atoms with Crippen molar-refractivity contribution in [1.82, 2.24) is 35.7 Å². The van der Waals surface area contributed by atoms with Crippen molar-refractivity contribution in [1.29, 1.82) is 0 Å². The molecule has 108 valence electrons. The van der Waals surface area contributed by atoms with Crippen molar-refractivity contribution in [3.05, 3.63) is 17.3 Å². The highest BCUT2D eigenvalue weighted by Crippen LogP contribution is 2.34. The summed E-state index contributed by atoms with van der Waals surface area (Å²) in [5.74, 6) is 1.07. The molecule has 0 aliphatic heterocycles. The summed E-state index contributed by atoms with van der Waals surface area (Å²) >= 11 is 3.00. The average Bonchev–Trinajstić information content (AvgIpc) is 3.25. The summed E-state index contributed by atoms with van der Waals surface area (Å²) in [4.78, 5) is 4.47. The van der Waals surface area contributed by atoms with Crippen LogP contribution in [0.3, 0.4) is 0 Å². The van der Waals surface area contributed by atoms with Crippen LogP contribution in [0.5, 0.6) is 0 Å². The summed E-state index contributed by atoms with van der Waals surface area (Å²) in [6, 6.07) is 0. The van der Waals surface area contributed by atoms with Crippen molar-refractivity contribution in [2.24, 2.45) is 0 Å². The van der Waals surface area contributed by atoms with Gasteiger partial charge in [-0.15, -0.1) is 10.2 Å². The molecule has 1 unspecified atom stereocenters. The molecule has 4 rings (SSSR count). The predicted molar refractivity (Wildman–Crippen MR) is 76.1 cm³/mol. The summed E-state index contributed by atoms with van der Waals surface area (Å²) in [5.41, 5.74) is 1.91. The first-order valence-electron chi connectivity index (χ1n) is 6.46. The Morgan fingerprint density at radius 1 is 1.33 bits per heavy atom. The Labute approximate surface area is 127 Å². The minimum absolute atomic E-state index is 0.0155. The Hall–Kier alpha value is -1.81. The quantitative estimate of drug-likeness (QED) is 0.729. The van der Waals surface area contributed by atoms with Crippen LogP contribution in [0, 0.1) is 0 Å². The van der Waals surface area contributed by atoms with Gasteiger partial charge in [-0.05, 0) is 25.5 Å². The molecule has 0 saturated heterocycles. The van der Waals surface area contributed by atoms with E-state index < -0.39 is 0 Å². The van der Waals surface area contributed by atoms with Crippen molar-refractivity contribution in [2.75, 3.05) is 6.26 Å². The van der Waals surface area contributed by atoms with E-state index in [1.54, 1.807) is 11.8 Å². The lowest BCUT2D eigenvalue weighted by Crippen LogP contribution is -2.11. The molecule has 0 bridgehead atoms. The van der Waals surface area contributed by atoms with Crippen molar-refractivity contribution in [3.8, 4) is 10.8 Å². The Kier molecular flexibility index (Phi) is 3.19. The van der Waals surface area contributed by atoms with E-state index >= 15 is 0 Å². The maximum absolute atomic E-state index is 5.42. The molecule has 21 heavy (non-hydrogen) atoms. The fourth-order valence-electron chi connectivity index (χ4n) is 2.42. The maximum atomic E-state index is 5.42. The standard InChI is InChI=1S/C11H11N7OS2/c1-20-11-16-15-10(21-11)8-12-9(19-17-8)5-3-2-4-6-7(5)14-18-13-6/h5H,2-4H2,1H3,(H,13,14,18). The van der Waals surface area contributed by atoms with Gasteiger partial charge in [-0.3, -0.25) is 0 Å². The SMILES string of the molecule is CSc1nnc(-c2noc(C3CCCc4n[nH]nc43)n2)s1. The normalized spacial score (nSPS) is 17.9. The third-order valence-corrected chi connectivity index (χ3v) is 5.29. The number of aromatic amines is 1. The minimum Gasteiger partial charge on any atom is -0.338 e. The molecule has 1 aliphatic carbocycles. The van der Waals surface area contributed by atoms with E-state index in [0.717, 1.165) is 35.0 Å². The van der Waals surface area contributed by atoms with Crippen LogP contribution in [-0.4, -0.2) is 42.0 Å². The van der Waals surface area contributed by atoms with E-state index in [1.165, 1.54) is 11.3 Å². The van der Waals surface area contributed by atoms with Gasteiger partial charge in [0.25, 0.3) is 0 Å². The number of thioether (sulfide) groups is 1. The Morgan fingerprint density at radius 3 is 3.14 bits per heavy atom. The molecular weight excluding hydrogens is 310 g/mol. The number of rotatable bonds is 3. The minimum atomic E-state index is 0.0155. The molecule has 1 atom stereocenters. The number of nitrogens with one attached hydrogen (secondary N) is 1. The van der Waals surface area contributed by atoms with Crippen LogP contribution < -0.4 is 0 Å². The zero-order chi connectivity index (χ0) is 14.2. The molecule has 3 heterocycles. The van der Waals surface area contributed by atoms with Crippen LogP contribution >= 0.6 is 23.1 Å². The molecule has 0 saturated carbocycles. The number of hydrogen-bond acceptors (Lipinski definition) is 9. The third-order valence-electron chi connectivity index (χ3n) is 3.40. The summed E-state index contributed by atoms with van der Waals surface area (Å²) in [5, 5.41) is 23.9. The second-order valence-corrected chi connectivity index (χ2v) is 6.66. The Morgan fingerprint density at radius 2 is 2.29 bits per heavy atom. The highest BCUT2D eigenvalue weighted by molar-refractivity contribution is 8.00. The number of aryl methyl sites for hydroxylation is 1.